The van der Waals surface area contributed by atoms with Crippen LogP contribution in [0.5, 0.6) is 11.5 Å². The number of methoxy groups -OCH3 is 1. The van der Waals surface area contributed by atoms with E-state index >= 15 is 0 Å². The summed E-state index contributed by atoms with van der Waals surface area (Å²) in [6, 6.07) is 4.01. The lowest BCUT2D eigenvalue weighted by Crippen LogP contribution is -2.19. The van der Waals surface area contributed by atoms with Gasteiger partial charge in [0.25, 0.3) is 0 Å². The Morgan fingerprint density at radius 2 is 2.15 bits per heavy atom. The number of rotatable bonds is 6. The van der Waals surface area contributed by atoms with Crippen molar-refractivity contribution in [3.8, 4) is 11.5 Å². The molecule has 0 spiro atoms. The van der Waals surface area contributed by atoms with E-state index in [9.17, 15) is 4.79 Å². The molecule has 110 valence electrons. The van der Waals surface area contributed by atoms with Crippen LogP contribution in [0.3, 0.4) is 0 Å². The highest BCUT2D eigenvalue weighted by Crippen LogP contribution is 2.34. The van der Waals surface area contributed by atoms with Crippen molar-refractivity contribution in [2.24, 2.45) is 5.73 Å². The molecule has 5 heteroatoms. The summed E-state index contributed by atoms with van der Waals surface area (Å²) < 4.78 is 15.8. The molecule has 0 aromatic heterocycles. The molecule has 2 rings (SSSR count). The van der Waals surface area contributed by atoms with Crippen molar-refractivity contribution in [2.45, 2.75) is 32.2 Å². The largest absolute Gasteiger partial charge is 0.493 e. The highest BCUT2D eigenvalue weighted by Gasteiger charge is 2.23. The summed E-state index contributed by atoms with van der Waals surface area (Å²) in [6.45, 7) is 2.85. The van der Waals surface area contributed by atoms with Gasteiger partial charge in [0.15, 0.2) is 0 Å². The third kappa shape index (κ3) is 3.42. The highest BCUT2D eigenvalue weighted by molar-refractivity contribution is 5.69. The van der Waals surface area contributed by atoms with Gasteiger partial charge < -0.3 is 19.9 Å². The van der Waals surface area contributed by atoms with Gasteiger partial charge in [-0.05, 0) is 37.0 Å². The molecule has 0 saturated carbocycles. The normalized spacial score (nSPS) is 16.6. The van der Waals surface area contributed by atoms with Gasteiger partial charge in [-0.3, -0.25) is 4.79 Å². The van der Waals surface area contributed by atoms with Gasteiger partial charge in [-0.2, -0.15) is 0 Å². The van der Waals surface area contributed by atoms with Crippen molar-refractivity contribution in [2.75, 3.05) is 20.3 Å². The number of hydrogen-bond acceptors (Lipinski definition) is 5. The van der Waals surface area contributed by atoms with Crippen LogP contribution in [0.1, 0.15) is 24.5 Å². The Hall–Kier alpha value is -1.75. The molecule has 1 aromatic carbocycles. The van der Waals surface area contributed by atoms with Crippen molar-refractivity contribution >= 4 is 5.97 Å². The Bertz CT molecular complexity index is 487. The fraction of sp³-hybridized carbons (Fsp3) is 0.533. The van der Waals surface area contributed by atoms with E-state index < -0.39 is 0 Å². The molecule has 0 fully saturated rings. The number of nitrogens with two attached hydrogens (primary N) is 1. The molecule has 2 N–H and O–H groups in total. The molecule has 0 heterocycles. The minimum absolute atomic E-state index is 0.148. The van der Waals surface area contributed by atoms with Gasteiger partial charge >= 0.3 is 5.97 Å². The van der Waals surface area contributed by atoms with E-state index in [0.29, 0.717) is 19.0 Å². The summed E-state index contributed by atoms with van der Waals surface area (Å²) in [5.74, 6) is 1.27. The molecule has 0 aliphatic heterocycles. The van der Waals surface area contributed by atoms with Crippen LogP contribution < -0.4 is 15.2 Å². The lowest BCUT2D eigenvalue weighted by molar-refractivity contribution is -0.141. The van der Waals surface area contributed by atoms with Crippen LogP contribution in [0, 0.1) is 0 Å². The zero-order valence-electron chi connectivity index (χ0n) is 12.0. The molecule has 1 aliphatic rings. The maximum Gasteiger partial charge on any atom is 0.308 e. The number of esters is 1. The second-order valence-electron chi connectivity index (χ2n) is 4.84. The number of benzene rings is 1. The maximum atomic E-state index is 11.1. The van der Waals surface area contributed by atoms with Crippen molar-refractivity contribution < 1.29 is 19.0 Å². The minimum Gasteiger partial charge on any atom is -0.493 e. The highest BCUT2D eigenvalue weighted by atomic mass is 16.5. The van der Waals surface area contributed by atoms with Crippen molar-refractivity contribution in [3.05, 3.63) is 23.3 Å². The second kappa shape index (κ2) is 6.61. The standard InChI is InChI=1S/C15H21NO4/c1-3-19-14-9-12(20-5-4-15(17)18-2)7-10-6-11(16)8-13(10)14/h7,9,11H,3-6,8,16H2,1-2H3. The Balaban J connectivity index is 2.08. The minimum atomic E-state index is -0.279. The molecule has 0 saturated heterocycles. The maximum absolute atomic E-state index is 11.1. The van der Waals surface area contributed by atoms with Crippen molar-refractivity contribution in [1.82, 2.24) is 0 Å². The van der Waals surface area contributed by atoms with Crippen molar-refractivity contribution in [3.63, 3.8) is 0 Å². The lowest BCUT2D eigenvalue weighted by Gasteiger charge is -2.13. The Labute approximate surface area is 119 Å². The molecular formula is C15H21NO4. The van der Waals surface area contributed by atoms with Crippen LogP contribution in [-0.4, -0.2) is 32.3 Å². The Morgan fingerprint density at radius 3 is 2.85 bits per heavy atom. The lowest BCUT2D eigenvalue weighted by atomic mass is 10.1. The molecule has 20 heavy (non-hydrogen) atoms. The summed E-state index contributed by atoms with van der Waals surface area (Å²) in [4.78, 5) is 11.1. The van der Waals surface area contributed by atoms with E-state index in [1.807, 2.05) is 19.1 Å². The molecule has 1 aromatic rings. The number of hydrogen-bond donors (Lipinski definition) is 1. The van der Waals surface area contributed by atoms with Crippen LogP contribution in [0.2, 0.25) is 0 Å². The van der Waals surface area contributed by atoms with E-state index in [2.05, 4.69) is 4.74 Å². The molecule has 5 nitrogen and oxygen atoms in total. The van der Waals surface area contributed by atoms with Crippen molar-refractivity contribution in [1.29, 1.82) is 0 Å². The first-order valence-electron chi connectivity index (χ1n) is 6.87. The van der Waals surface area contributed by atoms with Crippen LogP contribution in [0.4, 0.5) is 0 Å². The molecule has 1 unspecified atom stereocenters. The van der Waals surface area contributed by atoms with Gasteiger partial charge in [0.05, 0.1) is 26.7 Å². The molecule has 1 atom stereocenters. The van der Waals surface area contributed by atoms with E-state index in [1.54, 1.807) is 0 Å². The first-order valence-corrected chi connectivity index (χ1v) is 6.87. The Morgan fingerprint density at radius 1 is 1.35 bits per heavy atom. The van der Waals surface area contributed by atoms with Crippen LogP contribution in [-0.2, 0) is 22.4 Å². The predicted molar refractivity (Wildman–Crippen MR) is 75.1 cm³/mol. The predicted octanol–water partition coefficient (Wildman–Crippen LogP) is 1.45. The summed E-state index contributed by atoms with van der Waals surface area (Å²) in [5.41, 5.74) is 8.36. The summed E-state index contributed by atoms with van der Waals surface area (Å²) in [6.07, 6.45) is 1.91. The van der Waals surface area contributed by atoms with Gasteiger partial charge in [-0.25, -0.2) is 0 Å². The third-order valence-electron chi connectivity index (χ3n) is 3.33. The molecule has 0 amide bonds. The zero-order valence-corrected chi connectivity index (χ0v) is 12.0. The second-order valence-corrected chi connectivity index (χ2v) is 4.84. The van der Waals surface area contributed by atoms with Crippen LogP contribution in [0.25, 0.3) is 0 Å². The molecule has 1 aliphatic carbocycles. The average molecular weight is 279 g/mol. The monoisotopic (exact) mass is 279 g/mol. The summed E-state index contributed by atoms with van der Waals surface area (Å²) in [7, 11) is 1.37. The summed E-state index contributed by atoms with van der Waals surface area (Å²) in [5, 5.41) is 0. The quantitative estimate of drug-likeness (QED) is 0.798. The number of carbonyl (C=O) groups is 1. The first-order chi connectivity index (χ1) is 9.63. The smallest absolute Gasteiger partial charge is 0.308 e. The summed E-state index contributed by atoms with van der Waals surface area (Å²) >= 11 is 0. The Kier molecular flexibility index (Phi) is 4.84. The molecule has 0 radical (unpaired) electrons. The van der Waals surface area contributed by atoms with Gasteiger partial charge in [0.1, 0.15) is 11.5 Å². The fourth-order valence-corrected chi connectivity index (χ4v) is 2.43. The van der Waals surface area contributed by atoms with Gasteiger partial charge in [-0.15, -0.1) is 0 Å². The van der Waals surface area contributed by atoms with Crippen LogP contribution >= 0.6 is 0 Å². The fourth-order valence-electron chi connectivity index (χ4n) is 2.43. The van der Waals surface area contributed by atoms with E-state index in [-0.39, 0.29) is 18.4 Å². The molecular weight excluding hydrogens is 258 g/mol. The van der Waals surface area contributed by atoms with Gasteiger partial charge in [0, 0.05) is 12.1 Å². The van der Waals surface area contributed by atoms with E-state index in [4.69, 9.17) is 15.2 Å². The van der Waals surface area contributed by atoms with Gasteiger partial charge in [0.2, 0.25) is 0 Å². The van der Waals surface area contributed by atoms with Crippen LogP contribution in [0.15, 0.2) is 12.1 Å². The third-order valence-corrected chi connectivity index (χ3v) is 3.33. The van der Waals surface area contributed by atoms with Gasteiger partial charge in [-0.1, -0.05) is 0 Å². The first kappa shape index (κ1) is 14.7. The SMILES string of the molecule is CCOc1cc(OCCC(=O)OC)cc2c1CC(N)C2. The zero-order chi connectivity index (χ0) is 14.5. The number of carbonyl (C=O) groups excluding carboxylic acids is 1. The molecule has 0 bridgehead atoms. The number of fused-ring (bicyclic) bond motifs is 1. The number of ether oxygens (including phenoxy) is 3. The van der Waals surface area contributed by atoms with E-state index in [0.717, 1.165) is 18.6 Å². The average Bonchev–Trinajstić information content (AvgIpc) is 2.79. The topological polar surface area (TPSA) is 70.8 Å². The van der Waals surface area contributed by atoms with E-state index in [1.165, 1.54) is 18.2 Å².